The van der Waals surface area contributed by atoms with E-state index in [-0.39, 0.29) is 0 Å². The van der Waals surface area contributed by atoms with Crippen LogP contribution in [0.15, 0.2) is 41.3 Å². The van der Waals surface area contributed by atoms with Gasteiger partial charge in [0.1, 0.15) is 11.9 Å². The van der Waals surface area contributed by atoms with Gasteiger partial charge in [0.15, 0.2) is 0 Å². The molecule has 0 aliphatic carbocycles. The van der Waals surface area contributed by atoms with Crippen molar-refractivity contribution >= 4 is 23.2 Å². The van der Waals surface area contributed by atoms with Gasteiger partial charge in [0.25, 0.3) is 5.56 Å². The molecule has 2 rings (SSSR count). The van der Waals surface area contributed by atoms with Crippen molar-refractivity contribution in [3.05, 3.63) is 63.3 Å². The van der Waals surface area contributed by atoms with Gasteiger partial charge in [0.2, 0.25) is 5.91 Å². The van der Waals surface area contributed by atoms with E-state index >= 15 is 0 Å². The molecule has 2 aromatic rings. The molecular formula is C15H14ClFN2O2. The fourth-order valence-electron chi connectivity index (χ4n) is 1.89. The quantitative estimate of drug-likeness (QED) is 0.947. The summed E-state index contributed by atoms with van der Waals surface area (Å²) in [6.07, 6.45) is 1.01. The monoisotopic (exact) mass is 308 g/mol. The number of amides is 1. The molecule has 0 saturated carbocycles. The summed E-state index contributed by atoms with van der Waals surface area (Å²) in [6, 6.07) is 6.44. The van der Waals surface area contributed by atoms with Crippen LogP contribution >= 0.6 is 11.6 Å². The van der Waals surface area contributed by atoms with Crippen molar-refractivity contribution < 1.29 is 9.18 Å². The Hall–Kier alpha value is -2.14. The van der Waals surface area contributed by atoms with Crippen LogP contribution in [-0.4, -0.2) is 10.5 Å². The maximum Gasteiger partial charge on any atom is 0.251 e. The number of anilines is 1. The van der Waals surface area contributed by atoms with Gasteiger partial charge in [-0.05, 0) is 37.6 Å². The highest BCUT2D eigenvalue weighted by molar-refractivity contribution is 6.31. The van der Waals surface area contributed by atoms with Gasteiger partial charge in [-0.25, -0.2) is 4.39 Å². The van der Waals surface area contributed by atoms with Gasteiger partial charge >= 0.3 is 0 Å². The first-order chi connectivity index (χ1) is 9.90. The minimum atomic E-state index is -0.841. The van der Waals surface area contributed by atoms with E-state index in [0.29, 0.717) is 10.7 Å². The first-order valence-electron chi connectivity index (χ1n) is 6.34. The Bertz CT molecular complexity index is 743. The molecule has 1 amide bonds. The Kier molecular flexibility index (Phi) is 4.43. The number of aromatic nitrogens is 1. The largest absolute Gasteiger partial charge is 0.324 e. The predicted molar refractivity (Wildman–Crippen MR) is 80.2 cm³/mol. The molecular weight excluding hydrogens is 295 g/mol. The number of nitrogens with zero attached hydrogens (tertiary/aromatic N) is 1. The second-order valence-corrected chi connectivity index (χ2v) is 5.08. The number of hydrogen-bond donors (Lipinski definition) is 1. The van der Waals surface area contributed by atoms with E-state index in [9.17, 15) is 14.0 Å². The van der Waals surface area contributed by atoms with Gasteiger partial charge in [-0.3, -0.25) is 9.59 Å². The molecule has 0 spiro atoms. The molecule has 0 radical (unpaired) electrons. The van der Waals surface area contributed by atoms with Gasteiger partial charge < -0.3 is 9.88 Å². The number of benzene rings is 1. The summed E-state index contributed by atoms with van der Waals surface area (Å²) >= 11 is 5.98. The van der Waals surface area contributed by atoms with Crippen molar-refractivity contribution in [2.75, 3.05) is 5.32 Å². The molecule has 1 N–H and O–H groups in total. The molecule has 1 aromatic carbocycles. The number of rotatable bonds is 3. The lowest BCUT2D eigenvalue weighted by atomic mass is 10.2. The number of carbonyl (C=O) groups is 1. The highest BCUT2D eigenvalue weighted by atomic mass is 35.5. The van der Waals surface area contributed by atoms with E-state index in [0.717, 1.165) is 28.5 Å². The van der Waals surface area contributed by atoms with E-state index in [1.807, 2.05) is 0 Å². The lowest BCUT2D eigenvalue weighted by Gasteiger charge is -2.16. The van der Waals surface area contributed by atoms with E-state index in [4.69, 9.17) is 11.6 Å². The lowest BCUT2D eigenvalue weighted by molar-refractivity contribution is -0.118. The topological polar surface area (TPSA) is 51.1 Å². The molecule has 6 heteroatoms. The number of halogens is 2. The molecule has 4 nitrogen and oxygen atoms in total. The Morgan fingerprint density at radius 2 is 2.05 bits per heavy atom. The summed E-state index contributed by atoms with van der Waals surface area (Å²) in [5.41, 5.74) is 0.844. The van der Waals surface area contributed by atoms with Crippen LogP contribution in [0.25, 0.3) is 0 Å². The van der Waals surface area contributed by atoms with Gasteiger partial charge in [0.05, 0.1) is 0 Å². The number of pyridine rings is 1. The molecule has 0 aliphatic heterocycles. The highest BCUT2D eigenvalue weighted by Gasteiger charge is 2.17. The third-order valence-electron chi connectivity index (χ3n) is 3.22. The molecule has 0 bridgehead atoms. The minimum Gasteiger partial charge on any atom is -0.324 e. The number of nitrogens with one attached hydrogen (secondary N) is 1. The van der Waals surface area contributed by atoms with Crippen LogP contribution in [0, 0.1) is 12.7 Å². The molecule has 0 aliphatic rings. The van der Waals surface area contributed by atoms with Gasteiger partial charge in [-0.1, -0.05) is 17.7 Å². The smallest absolute Gasteiger partial charge is 0.251 e. The van der Waals surface area contributed by atoms with Crippen molar-refractivity contribution in [2.45, 2.75) is 19.9 Å². The average molecular weight is 309 g/mol. The van der Waals surface area contributed by atoms with E-state index in [1.165, 1.54) is 6.92 Å². The normalized spacial score (nSPS) is 12.0. The molecule has 1 atom stereocenters. The predicted octanol–water partition coefficient (Wildman–Crippen LogP) is 3.15. The van der Waals surface area contributed by atoms with Crippen molar-refractivity contribution in [3.63, 3.8) is 0 Å². The summed E-state index contributed by atoms with van der Waals surface area (Å²) in [6.45, 7) is 3.30. The fourth-order valence-corrected chi connectivity index (χ4v) is 2.06. The van der Waals surface area contributed by atoms with Gasteiger partial charge in [0, 0.05) is 23.0 Å². The number of carbonyl (C=O) groups excluding carboxylic acids is 1. The molecule has 0 saturated heterocycles. The fraction of sp³-hybridized carbons (Fsp3) is 0.200. The zero-order valence-electron chi connectivity index (χ0n) is 11.6. The Labute approximate surface area is 126 Å². The third kappa shape index (κ3) is 3.31. The molecule has 1 heterocycles. The van der Waals surface area contributed by atoms with Crippen molar-refractivity contribution in [1.29, 1.82) is 0 Å². The third-order valence-corrected chi connectivity index (χ3v) is 3.63. The SMILES string of the molecule is Cc1c(Cl)cccc1NC(=O)C(C)n1cc(F)ccc1=O. The number of hydrogen-bond acceptors (Lipinski definition) is 2. The lowest BCUT2D eigenvalue weighted by Crippen LogP contribution is -2.31. The van der Waals surface area contributed by atoms with Crippen molar-refractivity contribution in [1.82, 2.24) is 4.57 Å². The van der Waals surface area contributed by atoms with Crippen LogP contribution in [0.4, 0.5) is 10.1 Å². The Morgan fingerprint density at radius 1 is 1.33 bits per heavy atom. The summed E-state index contributed by atoms with van der Waals surface area (Å²) < 4.78 is 14.3. The van der Waals surface area contributed by atoms with Crippen molar-refractivity contribution in [3.8, 4) is 0 Å². The first kappa shape index (κ1) is 15.3. The second kappa shape index (κ2) is 6.10. The minimum absolute atomic E-state index is 0.423. The van der Waals surface area contributed by atoms with E-state index in [2.05, 4.69) is 5.32 Å². The van der Waals surface area contributed by atoms with Crippen LogP contribution in [0.3, 0.4) is 0 Å². The van der Waals surface area contributed by atoms with E-state index < -0.39 is 23.3 Å². The summed E-state index contributed by atoms with van der Waals surface area (Å²) in [7, 11) is 0. The van der Waals surface area contributed by atoms with Crippen LogP contribution in [0.5, 0.6) is 0 Å². The standard InChI is InChI=1S/C15H14ClFN2O2/c1-9-12(16)4-3-5-13(9)18-15(21)10(2)19-8-11(17)6-7-14(19)20/h3-8,10H,1-2H3,(H,18,21). The molecule has 0 fully saturated rings. The van der Waals surface area contributed by atoms with Crippen LogP contribution in [0.1, 0.15) is 18.5 Å². The molecule has 1 unspecified atom stereocenters. The Balaban J connectivity index is 2.26. The summed E-state index contributed by atoms with van der Waals surface area (Å²) in [5, 5.41) is 3.22. The Morgan fingerprint density at radius 3 is 2.76 bits per heavy atom. The van der Waals surface area contributed by atoms with E-state index in [1.54, 1.807) is 25.1 Å². The maximum atomic E-state index is 13.2. The summed E-state index contributed by atoms with van der Waals surface area (Å²) in [4.78, 5) is 23.9. The van der Waals surface area contributed by atoms with Crippen LogP contribution in [0.2, 0.25) is 5.02 Å². The summed E-state index contributed by atoms with van der Waals surface area (Å²) in [5.74, 6) is -0.999. The van der Waals surface area contributed by atoms with Gasteiger partial charge in [-0.15, -0.1) is 0 Å². The average Bonchev–Trinajstić information content (AvgIpc) is 2.45. The zero-order valence-corrected chi connectivity index (χ0v) is 12.3. The molecule has 1 aromatic heterocycles. The van der Waals surface area contributed by atoms with Crippen molar-refractivity contribution in [2.24, 2.45) is 0 Å². The molecule has 110 valence electrons. The maximum absolute atomic E-state index is 13.2. The van der Waals surface area contributed by atoms with Crippen LogP contribution < -0.4 is 10.9 Å². The first-order valence-corrected chi connectivity index (χ1v) is 6.71. The second-order valence-electron chi connectivity index (χ2n) is 4.67. The zero-order chi connectivity index (χ0) is 15.6. The van der Waals surface area contributed by atoms with Gasteiger partial charge in [-0.2, -0.15) is 0 Å². The highest BCUT2D eigenvalue weighted by Crippen LogP contribution is 2.23. The molecule has 21 heavy (non-hydrogen) atoms. The van der Waals surface area contributed by atoms with Crippen LogP contribution in [-0.2, 0) is 4.79 Å².